The second kappa shape index (κ2) is 4.70. The number of hydrogen-bond acceptors (Lipinski definition) is 3. The van der Waals surface area contributed by atoms with Crippen molar-refractivity contribution in [1.82, 2.24) is 10.2 Å². The number of anilines is 1. The van der Waals surface area contributed by atoms with Crippen molar-refractivity contribution in [2.75, 3.05) is 11.9 Å². The van der Waals surface area contributed by atoms with E-state index in [4.69, 9.17) is 0 Å². The molecule has 3 rings (SSSR count). The van der Waals surface area contributed by atoms with Crippen LogP contribution in [-0.4, -0.2) is 16.7 Å². The van der Waals surface area contributed by atoms with Crippen LogP contribution in [0.2, 0.25) is 0 Å². The van der Waals surface area contributed by atoms with Gasteiger partial charge in [0.25, 0.3) is 0 Å². The van der Waals surface area contributed by atoms with Gasteiger partial charge in [0.2, 0.25) is 0 Å². The van der Waals surface area contributed by atoms with Crippen LogP contribution in [0.1, 0.15) is 25.7 Å². The third-order valence-electron chi connectivity index (χ3n) is 3.60. The first-order valence-electron chi connectivity index (χ1n) is 6.38. The summed E-state index contributed by atoms with van der Waals surface area (Å²) in [6.45, 7) is 1.07. The monoisotopic (exact) mass is 227 g/mol. The molecule has 0 radical (unpaired) electrons. The molecular weight excluding hydrogens is 210 g/mol. The minimum atomic E-state index is 0.835. The molecule has 1 fully saturated rings. The minimum absolute atomic E-state index is 0.835. The van der Waals surface area contributed by atoms with Crippen molar-refractivity contribution in [3.05, 3.63) is 30.5 Å². The van der Waals surface area contributed by atoms with Gasteiger partial charge in [0, 0.05) is 11.9 Å². The van der Waals surface area contributed by atoms with Crippen LogP contribution in [0.15, 0.2) is 30.5 Å². The predicted molar refractivity (Wildman–Crippen MR) is 70.0 cm³/mol. The zero-order valence-electron chi connectivity index (χ0n) is 9.89. The maximum absolute atomic E-state index is 4.13. The first-order valence-corrected chi connectivity index (χ1v) is 6.38. The Morgan fingerprint density at radius 1 is 1.18 bits per heavy atom. The van der Waals surface area contributed by atoms with Crippen LogP contribution in [0.5, 0.6) is 0 Å². The number of benzene rings is 1. The number of rotatable bonds is 3. The summed E-state index contributed by atoms with van der Waals surface area (Å²) in [6, 6.07) is 8.15. The summed E-state index contributed by atoms with van der Waals surface area (Å²) in [5.74, 6) is 0.835. The topological polar surface area (TPSA) is 37.8 Å². The highest BCUT2D eigenvalue weighted by molar-refractivity contribution is 5.90. The molecule has 0 amide bonds. The van der Waals surface area contributed by atoms with Crippen molar-refractivity contribution < 1.29 is 0 Å². The van der Waals surface area contributed by atoms with Gasteiger partial charge in [-0.3, -0.25) is 0 Å². The van der Waals surface area contributed by atoms with Gasteiger partial charge < -0.3 is 5.32 Å². The van der Waals surface area contributed by atoms with Gasteiger partial charge in [0.15, 0.2) is 0 Å². The number of hydrogen-bond donors (Lipinski definition) is 1. The van der Waals surface area contributed by atoms with Crippen LogP contribution in [-0.2, 0) is 0 Å². The lowest BCUT2D eigenvalue weighted by Crippen LogP contribution is -2.11. The van der Waals surface area contributed by atoms with Gasteiger partial charge in [-0.1, -0.05) is 31.0 Å². The van der Waals surface area contributed by atoms with E-state index < -0.39 is 0 Å². The largest absolute Gasteiger partial charge is 0.383 e. The van der Waals surface area contributed by atoms with E-state index in [0.29, 0.717) is 0 Å². The summed E-state index contributed by atoms with van der Waals surface area (Å²) in [6.07, 6.45) is 7.34. The summed E-state index contributed by atoms with van der Waals surface area (Å²) >= 11 is 0. The average molecular weight is 227 g/mol. The normalized spacial score (nSPS) is 16.5. The molecule has 1 saturated carbocycles. The zero-order valence-corrected chi connectivity index (χ0v) is 9.89. The summed E-state index contributed by atoms with van der Waals surface area (Å²) < 4.78 is 0. The Bertz CT molecular complexity index is 498. The Morgan fingerprint density at radius 2 is 2.00 bits per heavy atom. The fraction of sp³-hybridized carbons (Fsp3) is 0.429. The second-order valence-corrected chi connectivity index (χ2v) is 4.81. The van der Waals surface area contributed by atoms with Gasteiger partial charge in [-0.25, -0.2) is 0 Å². The molecule has 1 aliphatic carbocycles. The van der Waals surface area contributed by atoms with E-state index in [1.54, 1.807) is 0 Å². The van der Waals surface area contributed by atoms with E-state index in [0.717, 1.165) is 23.7 Å². The molecule has 3 nitrogen and oxygen atoms in total. The van der Waals surface area contributed by atoms with Crippen LogP contribution in [0.25, 0.3) is 10.9 Å². The Hall–Kier alpha value is -1.64. The van der Waals surface area contributed by atoms with Crippen molar-refractivity contribution in [3.8, 4) is 0 Å². The molecule has 17 heavy (non-hydrogen) atoms. The maximum atomic E-state index is 4.13. The van der Waals surface area contributed by atoms with Crippen molar-refractivity contribution in [3.63, 3.8) is 0 Å². The summed E-state index contributed by atoms with van der Waals surface area (Å²) in [7, 11) is 0. The lowest BCUT2D eigenvalue weighted by atomic mass is 10.1. The SMILES string of the molecule is c1ccc2c(NCC3CCCC3)cnnc2c1. The van der Waals surface area contributed by atoms with Crippen molar-refractivity contribution in [2.45, 2.75) is 25.7 Å². The van der Waals surface area contributed by atoms with Crippen LogP contribution >= 0.6 is 0 Å². The average Bonchev–Trinajstić information content (AvgIpc) is 2.89. The molecule has 0 spiro atoms. The van der Waals surface area contributed by atoms with E-state index in [-0.39, 0.29) is 0 Å². The van der Waals surface area contributed by atoms with E-state index in [2.05, 4.69) is 21.6 Å². The van der Waals surface area contributed by atoms with Crippen LogP contribution < -0.4 is 5.32 Å². The van der Waals surface area contributed by atoms with Gasteiger partial charge >= 0.3 is 0 Å². The van der Waals surface area contributed by atoms with E-state index in [9.17, 15) is 0 Å². The molecule has 1 heterocycles. The number of nitrogens with zero attached hydrogens (tertiary/aromatic N) is 2. The Morgan fingerprint density at radius 3 is 2.88 bits per heavy atom. The van der Waals surface area contributed by atoms with Crippen molar-refractivity contribution in [2.24, 2.45) is 5.92 Å². The van der Waals surface area contributed by atoms with E-state index in [1.165, 1.54) is 31.1 Å². The molecule has 0 unspecified atom stereocenters. The zero-order chi connectivity index (χ0) is 11.5. The highest BCUT2D eigenvalue weighted by Crippen LogP contribution is 2.26. The lowest BCUT2D eigenvalue weighted by molar-refractivity contribution is 0.580. The molecule has 2 aromatic rings. The smallest absolute Gasteiger partial charge is 0.0950 e. The summed E-state index contributed by atoms with van der Waals surface area (Å²) in [4.78, 5) is 0. The van der Waals surface area contributed by atoms with Gasteiger partial charge in [0.1, 0.15) is 0 Å². The quantitative estimate of drug-likeness (QED) is 0.874. The lowest BCUT2D eigenvalue weighted by Gasteiger charge is -2.12. The summed E-state index contributed by atoms with van der Waals surface area (Å²) in [5, 5.41) is 12.9. The number of aromatic nitrogens is 2. The molecular formula is C14H17N3. The fourth-order valence-electron chi connectivity index (χ4n) is 2.62. The van der Waals surface area contributed by atoms with Gasteiger partial charge in [-0.15, -0.1) is 0 Å². The third-order valence-corrected chi connectivity index (χ3v) is 3.60. The molecule has 3 heteroatoms. The van der Waals surface area contributed by atoms with Gasteiger partial charge in [0.05, 0.1) is 17.4 Å². The Balaban J connectivity index is 1.79. The standard InChI is InChI=1S/C14H17N3/c1-2-6-11(5-1)9-15-14-10-16-17-13-8-4-3-7-12(13)14/h3-4,7-8,10-11H,1-2,5-6,9H2,(H,15,17). The van der Waals surface area contributed by atoms with E-state index in [1.807, 2.05) is 24.4 Å². The molecule has 1 aliphatic rings. The second-order valence-electron chi connectivity index (χ2n) is 4.81. The van der Waals surface area contributed by atoms with Crippen LogP contribution in [0.3, 0.4) is 0 Å². The number of fused-ring (bicyclic) bond motifs is 1. The molecule has 0 bridgehead atoms. The molecule has 1 N–H and O–H groups in total. The fourth-order valence-corrected chi connectivity index (χ4v) is 2.62. The van der Waals surface area contributed by atoms with Gasteiger partial charge in [-0.05, 0) is 24.8 Å². The summed E-state index contributed by atoms with van der Waals surface area (Å²) in [5.41, 5.74) is 2.08. The minimum Gasteiger partial charge on any atom is -0.383 e. The van der Waals surface area contributed by atoms with E-state index >= 15 is 0 Å². The van der Waals surface area contributed by atoms with Gasteiger partial charge in [-0.2, -0.15) is 10.2 Å². The molecule has 0 saturated heterocycles. The highest BCUT2D eigenvalue weighted by Gasteiger charge is 2.14. The molecule has 0 atom stereocenters. The Labute approximate surface area is 101 Å². The van der Waals surface area contributed by atoms with Crippen molar-refractivity contribution >= 4 is 16.6 Å². The molecule has 1 aromatic heterocycles. The first-order chi connectivity index (χ1) is 8.43. The molecule has 88 valence electrons. The van der Waals surface area contributed by atoms with Crippen molar-refractivity contribution in [1.29, 1.82) is 0 Å². The first kappa shape index (κ1) is 10.5. The van der Waals surface area contributed by atoms with Crippen LogP contribution in [0.4, 0.5) is 5.69 Å². The Kier molecular flexibility index (Phi) is 2.90. The predicted octanol–water partition coefficient (Wildman–Crippen LogP) is 3.23. The number of nitrogens with one attached hydrogen (secondary N) is 1. The highest BCUT2D eigenvalue weighted by atomic mass is 15.1. The molecule has 0 aliphatic heterocycles. The van der Waals surface area contributed by atoms with Crippen LogP contribution in [0, 0.1) is 5.92 Å². The molecule has 1 aromatic carbocycles. The third kappa shape index (κ3) is 2.23. The maximum Gasteiger partial charge on any atom is 0.0950 e.